The number of hydrogen-bond acceptors (Lipinski definition) is 1. The summed E-state index contributed by atoms with van der Waals surface area (Å²) in [5, 5.41) is 2.81. The van der Waals surface area contributed by atoms with Crippen LogP contribution in [0.1, 0.15) is 46.0 Å². The molecule has 102 valence electrons. The zero-order valence-electron chi connectivity index (χ0n) is 10.9. The predicted octanol–water partition coefficient (Wildman–Crippen LogP) is 4.87. The highest BCUT2D eigenvalue weighted by Gasteiger charge is 2.12. The van der Waals surface area contributed by atoms with Crippen molar-refractivity contribution in [2.75, 3.05) is 5.32 Å². The fourth-order valence-electron chi connectivity index (χ4n) is 1.88. The van der Waals surface area contributed by atoms with Gasteiger partial charge in [-0.25, -0.2) is 13.2 Å². The Balaban J connectivity index is 2.51. The van der Waals surface area contributed by atoms with Crippen LogP contribution in [0.5, 0.6) is 0 Å². The normalized spacial score (nSPS) is 12.5. The summed E-state index contributed by atoms with van der Waals surface area (Å²) in [4.78, 5) is 0. The Hall–Kier alpha value is -1.19. The molecule has 0 heterocycles. The molecule has 0 saturated carbocycles. The van der Waals surface area contributed by atoms with Crippen molar-refractivity contribution < 1.29 is 13.2 Å². The lowest BCUT2D eigenvalue weighted by Gasteiger charge is -2.16. The maximum absolute atomic E-state index is 13.4. The smallest absolute Gasteiger partial charge is 0.182 e. The van der Waals surface area contributed by atoms with E-state index >= 15 is 0 Å². The third-order valence-corrected chi connectivity index (χ3v) is 2.89. The second kappa shape index (κ2) is 7.29. The van der Waals surface area contributed by atoms with Crippen molar-refractivity contribution in [3.8, 4) is 0 Å². The monoisotopic (exact) mass is 259 g/mol. The van der Waals surface area contributed by atoms with E-state index in [1.54, 1.807) is 0 Å². The Morgan fingerprint density at radius 3 is 2.50 bits per heavy atom. The molecule has 0 aliphatic carbocycles. The first-order chi connectivity index (χ1) is 8.54. The molecule has 0 amide bonds. The zero-order valence-corrected chi connectivity index (χ0v) is 10.9. The number of anilines is 1. The maximum atomic E-state index is 13.4. The molecule has 0 aromatic heterocycles. The van der Waals surface area contributed by atoms with Crippen molar-refractivity contribution in [2.45, 2.75) is 52.0 Å². The van der Waals surface area contributed by atoms with E-state index in [4.69, 9.17) is 0 Å². The van der Waals surface area contributed by atoms with Crippen LogP contribution in [0.4, 0.5) is 18.9 Å². The summed E-state index contributed by atoms with van der Waals surface area (Å²) in [7, 11) is 0. The molecule has 1 N–H and O–H groups in total. The summed E-state index contributed by atoms with van der Waals surface area (Å²) < 4.78 is 39.3. The van der Waals surface area contributed by atoms with E-state index in [0.717, 1.165) is 31.7 Å². The molecule has 0 radical (unpaired) electrons. The van der Waals surface area contributed by atoms with Gasteiger partial charge in [0.2, 0.25) is 0 Å². The van der Waals surface area contributed by atoms with Crippen LogP contribution in [-0.4, -0.2) is 6.04 Å². The summed E-state index contributed by atoms with van der Waals surface area (Å²) in [5.41, 5.74) is -0.101. The molecule has 1 aromatic carbocycles. The van der Waals surface area contributed by atoms with Crippen molar-refractivity contribution in [1.29, 1.82) is 0 Å². The third-order valence-electron chi connectivity index (χ3n) is 2.89. The molecule has 0 aliphatic rings. The molecule has 0 aliphatic heterocycles. The lowest BCUT2D eigenvalue weighted by molar-refractivity contribution is 0.495. The van der Waals surface area contributed by atoms with E-state index in [2.05, 4.69) is 12.2 Å². The van der Waals surface area contributed by atoms with Crippen LogP contribution in [0.25, 0.3) is 0 Å². The van der Waals surface area contributed by atoms with Gasteiger partial charge in [0.15, 0.2) is 11.6 Å². The molecule has 1 nitrogen and oxygen atoms in total. The van der Waals surface area contributed by atoms with Crippen molar-refractivity contribution in [1.82, 2.24) is 0 Å². The molecule has 1 rings (SSSR count). The van der Waals surface area contributed by atoms with Crippen LogP contribution in [0.3, 0.4) is 0 Å². The van der Waals surface area contributed by atoms with Gasteiger partial charge in [0.05, 0.1) is 5.69 Å². The summed E-state index contributed by atoms with van der Waals surface area (Å²) >= 11 is 0. The molecule has 0 bridgehead atoms. The Labute approximate surface area is 106 Å². The lowest BCUT2D eigenvalue weighted by atomic mass is 10.1. The standard InChI is InChI=1S/C14H20F3N/c1-3-4-5-6-7-10(2)18-13-9-11(15)8-12(16)14(13)17/h8-10,18H,3-7H2,1-2H3. The van der Waals surface area contributed by atoms with Crippen molar-refractivity contribution in [3.05, 3.63) is 29.6 Å². The number of unbranched alkanes of at least 4 members (excludes halogenated alkanes) is 3. The summed E-state index contributed by atoms with van der Waals surface area (Å²) in [6.07, 6.45) is 5.35. The van der Waals surface area contributed by atoms with Gasteiger partial charge >= 0.3 is 0 Å². The van der Waals surface area contributed by atoms with Crippen LogP contribution in [0.15, 0.2) is 12.1 Å². The minimum Gasteiger partial charge on any atom is -0.380 e. The lowest BCUT2D eigenvalue weighted by Crippen LogP contribution is -2.16. The van der Waals surface area contributed by atoms with Crippen LogP contribution >= 0.6 is 0 Å². The molecule has 0 fully saturated rings. The van der Waals surface area contributed by atoms with E-state index in [9.17, 15) is 13.2 Å². The fourth-order valence-corrected chi connectivity index (χ4v) is 1.88. The molecule has 0 spiro atoms. The first kappa shape index (κ1) is 14.9. The van der Waals surface area contributed by atoms with Gasteiger partial charge < -0.3 is 5.32 Å². The van der Waals surface area contributed by atoms with Crippen LogP contribution in [-0.2, 0) is 0 Å². The fraction of sp³-hybridized carbons (Fsp3) is 0.571. The maximum Gasteiger partial charge on any atom is 0.182 e. The first-order valence-corrected chi connectivity index (χ1v) is 6.45. The zero-order chi connectivity index (χ0) is 13.5. The van der Waals surface area contributed by atoms with Gasteiger partial charge in [0.25, 0.3) is 0 Å². The number of benzene rings is 1. The Bertz CT molecular complexity index is 380. The Kier molecular flexibility index (Phi) is 6.02. The Morgan fingerprint density at radius 1 is 1.11 bits per heavy atom. The number of nitrogens with one attached hydrogen (secondary N) is 1. The average Bonchev–Trinajstić information content (AvgIpc) is 2.31. The first-order valence-electron chi connectivity index (χ1n) is 6.45. The van der Waals surface area contributed by atoms with Gasteiger partial charge in [-0.1, -0.05) is 32.6 Å². The van der Waals surface area contributed by atoms with E-state index in [0.29, 0.717) is 6.07 Å². The largest absolute Gasteiger partial charge is 0.380 e. The summed E-state index contributed by atoms with van der Waals surface area (Å²) in [5.74, 6) is -2.94. The topological polar surface area (TPSA) is 12.0 Å². The second-order valence-corrected chi connectivity index (χ2v) is 4.64. The van der Waals surface area contributed by atoms with Gasteiger partial charge in [-0.15, -0.1) is 0 Å². The third kappa shape index (κ3) is 4.59. The van der Waals surface area contributed by atoms with Crippen molar-refractivity contribution >= 4 is 5.69 Å². The molecule has 1 unspecified atom stereocenters. The molecule has 1 atom stereocenters. The second-order valence-electron chi connectivity index (χ2n) is 4.64. The minimum atomic E-state index is -1.16. The van der Waals surface area contributed by atoms with Crippen LogP contribution in [0, 0.1) is 17.5 Å². The van der Waals surface area contributed by atoms with Crippen LogP contribution < -0.4 is 5.32 Å². The summed E-state index contributed by atoms with van der Waals surface area (Å²) in [6.45, 7) is 4.01. The van der Waals surface area contributed by atoms with Crippen molar-refractivity contribution in [3.63, 3.8) is 0 Å². The summed E-state index contributed by atoms with van der Waals surface area (Å²) in [6, 6.07) is 1.53. The number of hydrogen-bond donors (Lipinski definition) is 1. The molecular weight excluding hydrogens is 239 g/mol. The highest BCUT2D eigenvalue weighted by atomic mass is 19.2. The van der Waals surface area contributed by atoms with Gasteiger partial charge in [-0.2, -0.15) is 0 Å². The van der Waals surface area contributed by atoms with E-state index in [-0.39, 0.29) is 11.7 Å². The highest BCUT2D eigenvalue weighted by molar-refractivity contribution is 5.46. The number of rotatable bonds is 7. The number of halogens is 3. The van der Waals surface area contributed by atoms with Crippen molar-refractivity contribution in [2.24, 2.45) is 0 Å². The van der Waals surface area contributed by atoms with Gasteiger partial charge in [0, 0.05) is 18.2 Å². The SMILES string of the molecule is CCCCCCC(C)Nc1cc(F)cc(F)c1F. The van der Waals surface area contributed by atoms with E-state index in [1.165, 1.54) is 6.42 Å². The van der Waals surface area contributed by atoms with E-state index < -0.39 is 17.5 Å². The molecule has 1 aromatic rings. The predicted molar refractivity (Wildman–Crippen MR) is 68.2 cm³/mol. The van der Waals surface area contributed by atoms with Crippen LogP contribution in [0.2, 0.25) is 0 Å². The molecule has 18 heavy (non-hydrogen) atoms. The molecule has 0 saturated heterocycles. The van der Waals surface area contributed by atoms with Gasteiger partial charge in [-0.3, -0.25) is 0 Å². The molecular formula is C14H20F3N. The van der Waals surface area contributed by atoms with Gasteiger partial charge in [-0.05, 0) is 13.3 Å². The Morgan fingerprint density at radius 2 is 1.83 bits per heavy atom. The quantitative estimate of drug-likeness (QED) is 0.544. The highest BCUT2D eigenvalue weighted by Crippen LogP contribution is 2.21. The average molecular weight is 259 g/mol. The minimum absolute atomic E-state index is 0.00226. The van der Waals surface area contributed by atoms with E-state index in [1.807, 2.05) is 6.92 Å². The van der Waals surface area contributed by atoms with Gasteiger partial charge in [0.1, 0.15) is 5.82 Å². The molecule has 4 heteroatoms.